The molecule has 1 saturated carbocycles. The van der Waals surface area contributed by atoms with Gasteiger partial charge < -0.3 is 15.0 Å². The maximum atomic E-state index is 11.3. The molecule has 0 aromatic rings. The molecule has 1 aliphatic heterocycles. The van der Waals surface area contributed by atoms with Crippen molar-refractivity contribution in [3.05, 3.63) is 0 Å². The number of nitrogens with zero attached hydrogens (tertiary/aromatic N) is 1. The van der Waals surface area contributed by atoms with Crippen molar-refractivity contribution in [3.8, 4) is 0 Å². The third kappa shape index (κ3) is 5.68. The van der Waals surface area contributed by atoms with Gasteiger partial charge in [-0.2, -0.15) is 0 Å². The maximum Gasteiger partial charge on any atom is 0.148 e. The Hall–Kier alpha value is -0.170. The first-order valence-corrected chi connectivity index (χ1v) is 9.62. The minimum Gasteiger partial charge on any atom is -0.381 e. The number of ether oxygens (including phenoxy) is 1. The van der Waals surface area contributed by atoms with Gasteiger partial charge in [-0.25, -0.2) is 8.42 Å². The predicted octanol–water partition coefficient (Wildman–Crippen LogP) is 0.512. The molecule has 0 amide bonds. The SMILES string of the molecule is CN(CCS(C)(=O)=O)CC1(CNC2CC2)CCOCC1. The summed E-state index contributed by atoms with van der Waals surface area (Å²) in [5, 5.41) is 3.64. The average Bonchev–Trinajstić information content (AvgIpc) is 3.19. The minimum absolute atomic E-state index is 0.242. The fourth-order valence-corrected chi connectivity index (χ4v) is 3.46. The molecule has 1 aliphatic carbocycles. The van der Waals surface area contributed by atoms with Crippen LogP contribution in [0.15, 0.2) is 0 Å². The third-order valence-electron chi connectivity index (χ3n) is 4.35. The van der Waals surface area contributed by atoms with Crippen molar-refractivity contribution in [2.75, 3.05) is 51.9 Å². The third-order valence-corrected chi connectivity index (χ3v) is 5.27. The van der Waals surface area contributed by atoms with Crippen LogP contribution in [0, 0.1) is 5.41 Å². The van der Waals surface area contributed by atoms with E-state index >= 15 is 0 Å². The van der Waals surface area contributed by atoms with Gasteiger partial charge in [-0.1, -0.05) is 0 Å². The van der Waals surface area contributed by atoms with E-state index in [1.807, 2.05) is 7.05 Å². The van der Waals surface area contributed by atoms with Crippen molar-refractivity contribution in [1.29, 1.82) is 0 Å². The molecule has 0 atom stereocenters. The Morgan fingerprint density at radius 3 is 2.50 bits per heavy atom. The number of rotatable bonds is 8. The Morgan fingerprint density at radius 2 is 1.95 bits per heavy atom. The Labute approximate surface area is 123 Å². The van der Waals surface area contributed by atoms with E-state index in [-0.39, 0.29) is 11.2 Å². The van der Waals surface area contributed by atoms with Gasteiger partial charge in [-0.3, -0.25) is 0 Å². The summed E-state index contributed by atoms with van der Waals surface area (Å²) in [6.07, 6.45) is 6.04. The van der Waals surface area contributed by atoms with E-state index in [0.29, 0.717) is 6.54 Å². The largest absolute Gasteiger partial charge is 0.381 e. The monoisotopic (exact) mass is 304 g/mol. The number of hydrogen-bond donors (Lipinski definition) is 1. The maximum absolute atomic E-state index is 11.3. The second kappa shape index (κ2) is 6.73. The normalized spacial score (nSPS) is 23.1. The van der Waals surface area contributed by atoms with Crippen molar-refractivity contribution in [3.63, 3.8) is 0 Å². The molecule has 2 fully saturated rings. The molecular formula is C14H28N2O3S. The summed E-state index contributed by atoms with van der Waals surface area (Å²) < 4.78 is 28.0. The van der Waals surface area contributed by atoms with E-state index < -0.39 is 9.84 Å². The van der Waals surface area contributed by atoms with Gasteiger partial charge >= 0.3 is 0 Å². The van der Waals surface area contributed by atoms with E-state index in [4.69, 9.17) is 4.74 Å². The Balaban J connectivity index is 1.85. The molecule has 20 heavy (non-hydrogen) atoms. The van der Waals surface area contributed by atoms with Crippen LogP contribution in [0.4, 0.5) is 0 Å². The van der Waals surface area contributed by atoms with Crippen LogP contribution in [-0.4, -0.2) is 71.3 Å². The van der Waals surface area contributed by atoms with Crippen LogP contribution < -0.4 is 5.32 Å². The van der Waals surface area contributed by atoms with E-state index in [2.05, 4.69) is 10.2 Å². The van der Waals surface area contributed by atoms with Gasteiger partial charge in [0.1, 0.15) is 9.84 Å². The van der Waals surface area contributed by atoms with Gasteiger partial charge in [0, 0.05) is 45.1 Å². The summed E-state index contributed by atoms with van der Waals surface area (Å²) in [4.78, 5) is 2.17. The molecule has 0 spiro atoms. The molecule has 5 nitrogen and oxygen atoms in total. The standard InChI is InChI=1S/C14H28N2O3S/c1-16(7-10-20(2,17)18)12-14(5-8-19-9-6-14)11-15-13-3-4-13/h13,15H,3-12H2,1-2H3. The zero-order valence-electron chi connectivity index (χ0n) is 12.7. The highest BCUT2D eigenvalue weighted by Gasteiger charge is 2.35. The van der Waals surface area contributed by atoms with Crippen LogP contribution in [0.2, 0.25) is 0 Å². The number of hydrogen-bond acceptors (Lipinski definition) is 5. The van der Waals surface area contributed by atoms with E-state index in [9.17, 15) is 8.42 Å². The Bertz CT molecular complexity index is 401. The molecule has 1 heterocycles. The minimum atomic E-state index is -2.88. The molecule has 0 radical (unpaired) electrons. The van der Waals surface area contributed by atoms with Crippen molar-refractivity contribution >= 4 is 9.84 Å². The second-order valence-corrected chi connectivity index (χ2v) is 8.89. The second-order valence-electron chi connectivity index (χ2n) is 6.64. The van der Waals surface area contributed by atoms with Crippen LogP contribution in [0.25, 0.3) is 0 Å². The van der Waals surface area contributed by atoms with Crippen LogP contribution in [0.1, 0.15) is 25.7 Å². The van der Waals surface area contributed by atoms with Crippen LogP contribution in [0.3, 0.4) is 0 Å². The van der Waals surface area contributed by atoms with E-state index in [0.717, 1.165) is 45.2 Å². The molecule has 2 aliphatic rings. The van der Waals surface area contributed by atoms with Gasteiger partial charge in [0.05, 0.1) is 5.75 Å². The fraction of sp³-hybridized carbons (Fsp3) is 1.00. The highest BCUT2D eigenvalue weighted by Crippen LogP contribution is 2.32. The van der Waals surface area contributed by atoms with Gasteiger partial charge in [-0.15, -0.1) is 0 Å². The summed E-state index contributed by atoms with van der Waals surface area (Å²) >= 11 is 0. The topological polar surface area (TPSA) is 58.6 Å². The van der Waals surface area contributed by atoms with Crippen LogP contribution in [0.5, 0.6) is 0 Å². The highest BCUT2D eigenvalue weighted by molar-refractivity contribution is 7.90. The smallest absolute Gasteiger partial charge is 0.148 e. The van der Waals surface area contributed by atoms with Gasteiger partial charge in [0.2, 0.25) is 0 Å². The van der Waals surface area contributed by atoms with Crippen LogP contribution >= 0.6 is 0 Å². The van der Waals surface area contributed by atoms with Gasteiger partial charge in [0.15, 0.2) is 0 Å². The number of sulfone groups is 1. The fourth-order valence-electron chi connectivity index (χ4n) is 2.82. The molecule has 0 bridgehead atoms. The highest BCUT2D eigenvalue weighted by atomic mass is 32.2. The molecule has 1 N–H and O–H groups in total. The zero-order chi connectivity index (χ0) is 14.6. The Morgan fingerprint density at radius 1 is 1.30 bits per heavy atom. The molecule has 2 rings (SSSR count). The first-order chi connectivity index (χ1) is 9.39. The summed E-state index contributed by atoms with van der Waals surface area (Å²) in [5.41, 5.74) is 0.243. The lowest BCUT2D eigenvalue weighted by molar-refractivity contribution is -0.0000112. The molecule has 0 aromatic heterocycles. The van der Waals surface area contributed by atoms with Gasteiger partial charge in [0.25, 0.3) is 0 Å². The average molecular weight is 304 g/mol. The Kier molecular flexibility index (Phi) is 5.45. The molecule has 0 unspecified atom stereocenters. The molecular weight excluding hydrogens is 276 g/mol. The quantitative estimate of drug-likeness (QED) is 0.708. The molecule has 0 aromatic carbocycles. The predicted molar refractivity (Wildman–Crippen MR) is 80.7 cm³/mol. The lowest BCUT2D eigenvalue weighted by atomic mass is 9.79. The van der Waals surface area contributed by atoms with Crippen LogP contribution in [-0.2, 0) is 14.6 Å². The van der Waals surface area contributed by atoms with Crippen molar-refractivity contribution in [2.24, 2.45) is 5.41 Å². The summed E-state index contributed by atoms with van der Waals surface area (Å²) in [6, 6.07) is 0.719. The lowest BCUT2D eigenvalue weighted by Crippen LogP contribution is -2.47. The lowest BCUT2D eigenvalue weighted by Gasteiger charge is -2.40. The zero-order valence-corrected chi connectivity index (χ0v) is 13.5. The molecule has 1 saturated heterocycles. The van der Waals surface area contributed by atoms with Gasteiger partial charge in [-0.05, 0) is 38.1 Å². The molecule has 6 heteroatoms. The van der Waals surface area contributed by atoms with Crippen molar-refractivity contribution < 1.29 is 13.2 Å². The van der Waals surface area contributed by atoms with Crippen molar-refractivity contribution in [1.82, 2.24) is 10.2 Å². The van der Waals surface area contributed by atoms with E-state index in [1.165, 1.54) is 19.1 Å². The first kappa shape index (κ1) is 16.2. The summed E-state index contributed by atoms with van der Waals surface area (Å²) in [7, 11) is -0.850. The summed E-state index contributed by atoms with van der Waals surface area (Å²) in [6.45, 7) is 4.25. The summed E-state index contributed by atoms with van der Waals surface area (Å²) in [5.74, 6) is 0.242. The first-order valence-electron chi connectivity index (χ1n) is 7.56. The molecule has 118 valence electrons. The van der Waals surface area contributed by atoms with E-state index in [1.54, 1.807) is 0 Å². The van der Waals surface area contributed by atoms with Crippen molar-refractivity contribution in [2.45, 2.75) is 31.7 Å². The number of nitrogens with one attached hydrogen (secondary N) is 1.